The van der Waals surface area contributed by atoms with Crippen molar-refractivity contribution in [3.8, 4) is 0 Å². The van der Waals surface area contributed by atoms with Crippen molar-refractivity contribution in [2.45, 2.75) is 18.9 Å². The first-order valence-electron chi connectivity index (χ1n) is 9.70. The first-order chi connectivity index (χ1) is 14.9. The number of hydrogen-bond acceptors (Lipinski definition) is 5. The van der Waals surface area contributed by atoms with E-state index in [9.17, 15) is 23.9 Å². The number of carboxylic acids is 1. The van der Waals surface area contributed by atoms with E-state index in [0.717, 1.165) is 0 Å². The zero-order valence-corrected chi connectivity index (χ0v) is 16.4. The van der Waals surface area contributed by atoms with E-state index in [1.807, 2.05) is 0 Å². The maximum Gasteiger partial charge on any atom is 0.321 e. The van der Waals surface area contributed by atoms with Crippen molar-refractivity contribution >= 4 is 40.2 Å². The number of halogens is 1. The second-order valence-electron chi connectivity index (χ2n) is 7.18. The third kappa shape index (κ3) is 4.53. The number of fused-ring (bicyclic) bond motifs is 2. The third-order valence-corrected chi connectivity index (χ3v) is 5.02. The number of nitrogens with one attached hydrogen (secondary N) is 3. The van der Waals surface area contributed by atoms with Crippen LogP contribution in [0, 0.1) is 5.82 Å². The predicted octanol–water partition coefficient (Wildman–Crippen LogP) is 1.66. The number of aromatic nitrogens is 2. The molecule has 0 radical (unpaired) electrons. The highest BCUT2D eigenvalue weighted by molar-refractivity contribution is 6.04. The Morgan fingerprint density at radius 1 is 1.26 bits per heavy atom. The molecule has 1 aromatic heterocycles. The summed E-state index contributed by atoms with van der Waals surface area (Å²) in [6.07, 6.45) is 0.119. The summed E-state index contributed by atoms with van der Waals surface area (Å²) in [5, 5.41) is 15.1. The van der Waals surface area contributed by atoms with E-state index >= 15 is 0 Å². The highest BCUT2D eigenvalue weighted by Crippen LogP contribution is 2.28. The summed E-state index contributed by atoms with van der Waals surface area (Å²) in [4.78, 5) is 45.1. The van der Waals surface area contributed by atoms with Crippen LogP contribution in [0.2, 0.25) is 0 Å². The number of amides is 2. The third-order valence-electron chi connectivity index (χ3n) is 5.02. The van der Waals surface area contributed by atoms with Gasteiger partial charge in [-0.3, -0.25) is 19.7 Å². The van der Waals surface area contributed by atoms with E-state index < -0.39 is 17.8 Å². The molecule has 0 saturated heterocycles. The minimum atomic E-state index is -1.15. The lowest BCUT2D eigenvalue weighted by Crippen LogP contribution is -2.46. The van der Waals surface area contributed by atoms with Crippen LogP contribution in [0.15, 0.2) is 42.5 Å². The van der Waals surface area contributed by atoms with Gasteiger partial charge in [0.2, 0.25) is 11.8 Å². The molecule has 1 aliphatic rings. The van der Waals surface area contributed by atoms with Crippen molar-refractivity contribution in [1.82, 2.24) is 15.3 Å². The maximum absolute atomic E-state index is 13.4. The minimum Gasteiger partial charge on any atom is -0.480 e. The number of imidazole rings is 1. The van der Waals surface area contributed by atoms with Crippen molar-refractivity contribution < 1.29 is 23.9 Å². The Labute approximate surface area is 176 Å². The van der Waals surface area contributed by atoms with Crippen molar-refractivity contribution in [2.24, 2.45) is 0 Å². The Hall–Kier alpha value is -3.79. The quantitative estimate of drug-likeness (QED) is 0.476. The summed E-state index contributed by atoms with van der Waals surface area (Å²) in [7, 11) is 0. The van der Waals surface area contributed by atoms with Crippen LogP contribution in [-0.2, 0) is 20.8 Å². The van der Waals surface area contributed by atoms with E-state index in [1.54, 1.807) is 24.3 Å². The average molecular weight is 425 g/mol. The molecule has 2 amide bonds. The van der Waals surface area contributed by atoms with Crippen LogP contribution >= 0.6 is 0 Å². The fourth-order valence-electron chi connectivity index (χ4n) is 3.50. The SMILES string of the molecule is O=C1CCN(C(=O)CN[C@H](Cc2nc3ccc(F)cc3[nH]2)C(=O)O)c2ccccc2N1. The molecule has 2 heterocycles. The Morgan fingerprint density at radius 2 is 2.06 bits per heavy atom. The molecular formula is C21H20FN5O4. The molecule has 0 aliphatic carbocycles. The number of para-hydroxylation sites is 2. The van der Waals surface area contributed by atoms with E-state index in [-0.39, 0.29) is 37.7 Å². The summed E-state index contributed by atoms with van der Waals surface area (Å²) < 4.78 is 13.4. The molecule has 160 valence electrons. The molecule has 31 heavy (non-hydrogen) atoms. The number of aromatic amines is 1. The zero-order valence-electron chi connectivity index (χ0n) is 16.4. The summed E-state index contributed by atoms with van der Waals surface area (Å²) in [6.45, 7) is -0.0510. The van der Waals surface area contributed by atoms with Gasteiger partial charge in [0.15, 0.2) is 0 Å². The fraction of sp³-hybridized carbons (Fsp3) is 0.238. The Bertz CT molecular complexity index is 1160. The average Bonchev–Trinajstić information content (AvgIpc) is 3.04. The number of anilines is 2. The number of benzene rings is 2. The number of H-pyrrole nitrogens is 1. The Balaban J connectivity index is 1.46. The molecule has 0 bridgehead atoms. The van der Waals surface area contributed by atoms with Gasteiger partial charge in [0.1, 0.15) is 17.7 Å². The standard InChI is InChI=1S/C21H20FN5O4/c22-12-5-6-13-15(9-12)25-18(24-13)10-16(21(30)31)23-11-20(29)27-8-7-19(28)26-14-3-1-2-4-17(14)27/h1-6,9,16,23H,7-8,10-11H2,(H,24,25)(H,26,28)(H,30,31)/t16-/m1/s1. The minimum absolute atomic E-state index is 0.0183. The largest absolute Gasteiger partial charge is 0.480 e. The summed E-state index contributed by atoms with van der Waals surface area (Å²) in [5.74, 6) is -1.76. The van der Waals surface area contributed by atoms with Crippen LogP contribution in [0.3, 0.4) is 0 Å². The van der Waals surface area contributed by atoms with E-state index in [0.29, 0.717) is 28.2 Å². The molecule has 4 N–H and O–H groups in total. The van der Waals surface area contributed by atoms with Gasteiger partial charge < -0.3 is 20.3 Å². The number of carboxylic acid groups (broad SMARTS) is 1. The maximum atomic E-state index is 13.4. The summed E-state index contributed by atoms with van der Waals surface area (Å²) >= 11 is 0. The Kier molecular flexibility index (Phi) is 5.63. The number of carbonyl (C=O) groups excluding carboxylic acids is 2. The molecule has 0 unspecified atom stereocenters. The number of hydrogen-bond donors (Lipinski definition) is 4. The lowest BCUT2D eigenvalue weighted by Gasteiger charge is -2.23. The van der Waals surface area contributed by atoms with Crippen LogP contribution < -0.4 is 15.5 Å². The fourth-order valence-corrected chi connectivity index (χ4v) is 3.50. The molecule has 10 heteroatoms. The molecule has 3 aromatic rings. The van der Waals surface area contributed by atoms with Gasteiger partial charge in [0.25, 0.3) is 0 Å². The smallest absolute Gasteiger partial charge is 0.321 e. The predicted molar refractivity (Wildman–Crippen MR) is 111 cm³/mol. The van der Waals surface area contributed by atoms with Crippen LogP contribution in [0.1, 0.15) is 12.2 Å². The molecule has 1 aliphatic heterocycles. The van der Waals surface area contributed by atoms with Crippen LogP contribution in [-0.4, -0.2) is 52.0 Å². The topological polar surface area (TPSA) is 127 Å². The lowest BCUT2D eigenvalue weighted by atomic mass is 10.2. The van der Waals surface area contributed by atoms with Crippen LogP contribution in [0.5, 0.6) is 0 Å². The molecular weight excluding hydrogens is 405 g/mol. The van der Waals surface area contributed by atoms with Gasteiger partial charge in [-0.2, -0.15) is 0 Å². The summed E-state index contributed by atoms with van der Waals surface area (Å²) in [6, 6.07) is 9.92. The second kappa shape index (κ2) is 8.52. The lowest BCUT2D eigenvalue weighted by molar-refractivity contribution is -0.139. The number of aliphatic carboxylic acids is 1. The highest BCUT2D eigenvalue weighted by atomic mass is 19.1. The molecule has 0 saturated carbocycles. The zero-order chi connectivity index (χ0) is 22.0. The highest BCUT2D eigenvalue weighted by Gasteiger charge is 2.26. The summed E-state index contributed by atoms with van der Waals surface area (Å²) in [5.41, 5.74) is 2.08. The van der Waals surface area contributed by atoms with Crippen molar-refractivity contribution in [3.63, 3.8) is 0 Å². The van der Waals surface area contributed by atoms with Gasteiger partial charge in [-0.15, -0.1) is 0 Å². The van der Waals surface area contributed by atoms with Gasteiger partial charge in [0.05, 0.1) is 29.0 Å². The first-order valence-corrected chi connectivity index (χ1v) is 9.70. The van der Waals surface area contributed by atoms with E-state index in [1.165, 1.54) is 23.1 Å². The van der Waals surface area contributed by atoms with Gasteiger partial charge in [-0.25, -0.2) is 9.37 Å². The Morgan fingerprint density at radius 3 is 2.87 bits per heavy atom. The number of nitrogens with zero attached hydrogens (tertiary/aromatic N) is 2. The normalized spacial score (nSPS) is 14.6. The van der Waals surface area contributed by atoms with Gasteiger partial charge in [-0.05, 0) is 30.3 Å². The first kappa shape index (κ1) is 20.5. The van der Waals surface area contributed by atoms with E-state index in [4.69, 9.17) is 0 Å². The molecule has 0 fully saturated rings. The number of rotatable bonds is 6. The van der Waals surface area contributed by atoms with Crippen molar-refractivity contribution in [1.29, 1.82) is 0 Å². The molecule has 2 aromatic carbocycles. The molecule has 4 rings (SSSR count). The van der Waals surface area contributed by atoms with Gasteiger partial charge in [0, 0.05) is 19.4 Å². The van der Waals surface area contributed by atoms with Crippen LogP contribution in [0.4, 0.5) is 15.8 Å². The van der Waals surface area contributed by atoms with Crippen molar-refractivity contribution in [3.05, 3.63) is 54.1 Å². The molecule has 0 spiro atoms. The molecule has 9 nitrogen and oxygen atoms in total. The van der Waals surface area contributed by atoms with Gasteiger partial charge in [-0.1, -0.05) is 12.1 Å². The van der Waals surface area contributed by atoms with E-state index in [2.05, 4.69) is 20.6 Å². The molecule has 1 atom stereocenters. The number of carbonyl (C=O) groups is 3. The van der Waals surface area contributed by atoms with Gasteiger partial charge >= 0.3 is 5.97 Å². The monoisotopic (exact) mass is 425 g/mol. The van der Waals surface area contributed by atoms with Crippen LogP contribution in [0.25, 0.3) is 11.0 Å². The van der Waals surface area contributed by atoms with Crippen molar-refractivity contribution in [2.75, 3.05) is 23.3 Å². The second-order valence-corrected chi connectivity index (χ2v) is 7.18.